The minimum absolute atomic E-state index is 0.0663. The molecule has 1 atom stereocenters. The second-order valence-corrected chi connectivity index (χ2v) is 6.95. The number of nitrogens with zero attached hydrogens (tertiary/aromatic N) is 1. The lowest BCUT2D eigenvalue weighted by molar-refractivity contribution is 0.215. The molecule has 7 heteroatoms. The number of piperidine rings is 1. The molecule has 1 aromatic rings. The fraction of sp³-hybridized carbons (Fsp3) is 0.692. The van der Waals surface area contributed by atoms with Gasteiger partial charge < -0.3 is 15.1 Å². The van der Waals surface area contributed by atoms with E-state index in [1.165, 1.54) is 25.3 Å². The Kier molecular flexibility index (Phi) is 5.20. The normalized spacial score (nSPS) is 19.1. The van der Waals surface area contributed by atoms with Crippen LogP contribution >= 0.6 is 0 Å². The Balaban J connectivity index is 1.93. The van der Waals surface area contributed by atoms with Gasteiger partial charge in [0.25, 0.3) is 10.0 Å². The average molecular weight is 301 g/mol. The van der Waals surface area contributed by atoms with Crippen LogP contribution < -0.4 is 10.5 Å². The number of hydrogen-bond donors (Lipinski definition) is 2. The van der Waals surface area contributed by atoms with Crippen LogP contribution in [0.15, 0.2) is 21.6 Å². The number of sulfonamides is 1. The molecule has 6 nitrogen and oxygen atoms in total. The van der Waals surface area contributed by atoms with E-state index in [1.807, 2.05) is 6.92 Å². The average Bonchev–Trinajstić information content (AvgIpc) is 2.88. The molecule has 20 heavy (non-hydrogen) atoms. The summed E-state index contributed by atoms with van der Waals surface area (Å²) < 4.78 is 32.2. The smallest absolute Gasteiger partial charge is 0.274 e. The molecular weight excluding hydrogens is 278 g/mol. The fourth-order valence-corrected chi connectivity index (χ4v) is 3.69. The van der Waals surface area contributed by atoms with Crippen LogP contribution in [0.25, 0.3) is 0 Å². The molecule has 1 aliphatic heterocycles. The molecule has 1 unspecified atom stereocenters. The maximum absolute atomic E-state index is 12.1. The lowest BCUT2D eigenvalue weighted by Gasteiger charge is -2.29. The summed E-state index contributed by atoms with van der Waals surface area (Å²) in [6, 6.07) is 2.88. The van der Waals surface area contributed by atoms with E-state index < -0.39 is 10.0 Å². The van der Waals surface area contributed by atoms with E-state index >= 15 is 0 Å². The summed E-state index contributed by atoms with van der Waals surface area (Å²) in [6.07, 6.45) is 3.65. The zero-order valence-electron chi connectivity index (χ0n) is 11.8. The molecular formula is C13H23N3O3S. The van der Waals surface area contributed by atoms with E-state index in [0.29, 0.717) is 5.76 Å². The lowest BCUT2D eigenvalue weighted by atomic mass is 10.1. The van der Waals surface area contributed by atoms with Gasteiger partial charge in [-0.05, 0) is 45.0 Å². The Hall–Kier alpha value is -0.890. The van der Waals surface area contributed by atoms with Gasteiger partial charge in [-0.1, -0.05) is 6.42 Å². The number of nitrogens with one attached hydrogen (secondary N) is 1. The SMILES string of the molecule is CC(CN1CCCCC1)NS(=O)(=O)c1ccc(CN)o1. The molecule has 0 saturated carbocycles. The first-order valence-corrected chi connectivity index (χ1v) is 8.53. The van der Waals surface area contributed by atoms with Gasteiger partial charge in [0.05, 0.1) is 6.54 Å². The summed E-state index contributed by atoms with van der Waals surface area (Å²) in [5.74, 6) is 0.467. The van der Waals surface area contributed by atoms with Gasteiger partial charge in [0.15, 0.2) is 0 Å². The monoisotopic (exact) mass is 301 g/mol. The Morgan fingerprint density at radius 1 is 1.35 bits per heavy atom. The Labute approximate surface area is 120 Å². The van der Waals surface area contributed by atoms with Gasteiger partial charge in [0, 0.05) is 12.6 Å². The van der Waals surface area contributed by atoms with Crippen LogP contribution in [-0.4, -0.2) is 39.0 Å². The zero-order chi connectivity index (χ0) is 14.6. The van der Waals surface area contributed by atoms with Crippen molar-refractivity contribution >= 4 is 10.0 Å². The summed E-state index contributed by atoms with van der Waals surface area (Å²) in [4.78, 5) is 2.30. The third-order valence-corrected chi connectivity index (χ3v) is 4.90. The highest BCUT2D eigenvalue weighted by molar-refractivity contribution is 7.89. The van der Waals surface area contributed by atoms with Crippen molar-refractivity contribution in [3.8, 4) is 0 Å². The molecule has 2 heterocycles. The maximum Gasteiger partial charge on any atom is 0.274 e. The maximum atomic E-state index is 12.1. The van der Waals surface area contributed by atoms with Crippen LogP contribution in [0.4, 0.5) is 0 Å². The van der Waals surface area contributed by atoms with Gasteiger partial charge in [-0.15, -0.1) is 0 Å². The number of likely N-dealkylation sites (tertiary alicyclic amines) is 1. The van der Waals surface area contributed by atoms with Crippen molar-refractivity contribution in [2.24, 2.45) is 5.73 Å². The van der Waals surface area contributed by atoms with E-state index in [0.717, 1.165) is 19.6 Å². The molecule has 1 saturated heterocycles. The Morgan fingerprint density at radius 2 is 2.05 bits per heavy atom. The molecule has 0 aromatic carbocycles. The molecule has 3 N–H and O–H groups in total. The Bertz CT molecular complexity index is 521. The van der Waals surface area contributed by atoms with Gasteiger partial charge in [0.2, 0.25) is 5.09 Å². The van der Waals surface area contributed by atoms with Crippen LogP contribution in [0, 0.1) is 0 Å². The van der Waals surface area contributed by atoms with Crippen molar-refractivity contribution in [3.05, 3.63) is 17.9 Å². The molecule has 2 rings (SSSR count). The molecule has 0 bridgehead atoms. The highest BCUT2D eigenvalue weighted by atomic mass is 32.2. The minimum atomic E-state index is -3.60. The first kappa shape index (κ1) is 15.5. The predicted molar refractivity (Wildman–Crippen MR) is 76.7 cm³/mol. The van der Waals surface area contributed by atoms with Crippen LogP contribution in [0.3, 0.4) is 0 Å². The molecule has 114 valence electrons. The summed E-state index contributed by atoms with van der Waals surface area (Å²) in [7, 11) is -3.60. The quantitative estimate of drug-likeness (QED) is 0.814. The second kappa shape index (κ2) is 6.71. The van der Waals surface area contributed by atoms with Crippen molar-refractivity contribution in [1.82, 2.24) is 9.62 Å². The summed E-state index contributed by atoms with van der Waals surface area (Å²) in [5, 5.41) is -0.0663. The zero-order valence-corrected chi connectivity index (χ0v) is 12.7. The van der Waals surface area contributed by atoms with Gasteiger partial charge >= 0.3 is 0 Å². The summed E-state index contributed by atoms with van der Waals surface area (Å²) >= 11 is 0. The summed E-state index contributed by atoms with van der Waals surface area (Å²) in [5.41, 5.74) is 5.42. The third kappa shape index (κ3) is 4.05. The predicted octanol–water partition coefficient (Wildman–Crippen LogP) is 0.891. The highest BCUT2D eigenvalue weighted by Gasteiger charge is 2.22. The molecule has 0 amide bonds. The van der Waals surface area contributed by atoms with Gasteiger partial charge in [-0.3, -0.25) is 0 Å². The van der Waals surface area contributed by atoms with Crippen molar-refractivity contribution in [2.75, 3.05) is 19.6 Å². The first-order chi connectivity index (χ1) is 9.51. The minimum Gasteiger partial charge on any atom is -0.447 e. The van der Waals surface area contributed by atoms with Crippen LogP contribution in [0.5, 0.6) is 0 Å². The summed E-state index contributed by atoms with van der Waals surface area (Å²) in [6.45, 7) is 4.88. The molecule has 0 aliphatic carbocycles. The van der Waals surface area contributed by atoms with Crippen LogP contribution in [-0.2, 0) is 16.6 Å². The van der Waals surface area contributed by atoms with E-state index in [2.05, 4.69) is 9.62 Å². The topological polar surface area (TPSA) is 88.6 Å². The van der Waals surface area contributed by atoms with E-state index in [-0.39, 0.29) is 17.7 Å². The van der Waals surface area contributed by atoms with Crippen molar-refractivity contribution in [3.63, 3.8) is 0 Å². The molecule has 0 radical (unpaired) electrons. The number of rotatable bonds is 6. The van der Waals surface area contributed by atoms with Crippen LogP contribution in [0.2, 0.25) is 0 Å². The van der Waals surface area contributed by atoms with Gasteiger partial charge in [0.1, 0.15) is 5.76 Å². The largest absolute Gasteiger partial charge is 0.447 e. The standard InChI is InChI=1S/C13H23N3O3S/c1-11(10-16-7-3-2-4-8-16)15-20(17,18)13-6-5-12(9-14)19-13/h5-6,11,15H,2-4,7-10,14H2,1H3. The number of furan rings is 1. The van der Waals surface area contributed by atoms with Gasteiger partial charge in [-0.25, -0.2) is 13.1 Å². The number of hydrogen-bond acceptors (Lipinski definition) is 5. The third-order valence-electron chi connectivity index (χ3n) is 3.44. The Morgan fingerprint density at radius 3 is 2.65 bits per heavy atom. The van der Waals surface area contributed by atoms with Crippen LogP contribution in [0.1, 0.15) is 31.9 Å². The van der Waals surface area contributed by atoms with Gasteiger partial charge in [-0.2, -0.15) is 0 Å². The van der Waals surface area contributed by atoms with E-state index in [1.54, 1.807) is 6.07 Å². The van der Waals surface area contributed by atoms with E-state index in [9.17, 15) is 8.42 Å². The van der Waals surface area contributed by atoms with E-state index in [4.69, 9.17) is 10.2 Å². The molecule has 1 aliphatic rings. The highest BCUT2D eigenvalue weighted by Crippen LogP contribution is 2.14. The second-order valence-electron chi connectivity index (χ2n) is 5.31. The molecule has 1 fully saturated rings. The molecule has 0 spiro atoms. The van der Waals surface area contributed by atoms with Crippen molar-refractivity contribution < 1.29 is 12.8 Å². The first-order valence-electron chi connectivity index (χ1n) is 7.05. The fourth-order valence-electron chi connectivity index (χ4n) is 2.50. The van der Waals surface area contributed by atoms with Crippen molar-refractivity contribution in [1.29, 1.82) is 0 Å². The lowest BCUT2D eigenvalue weighted by Crippen LogP contribution is -2.43. The number of nitrogens with two attached hydrogens (primary N) is 1. The molecule has 1 aromatic heterocycles. The van der Waals surface area contributed by atoms with Crippen molar-refractivity contribution in [2.45, 2.75) is 43.9 Å².